The molecule has 0 aliphatic heterocycles. The van der Waals surface area contributed by atoms with Crippen molar-refractivity contribution >= 4 is 40.7 Å². The first-order chi connectivity index (χ1) is 12.8. The van der Waals surface area contributed by atoms with Crippen molar-refractivity contribution in [3.63, 3.8) is 0 Å². The first kappa shape index (κ1) is 18.3. The predicted octanol–water partition coefficient (Wildman–Crippen LogP) is 4.92. The van der Waals surface area contributed by atoms with Gasteiger partial charge in [-0.3, -0.25) is 9.59 Å². The Hall–Kier alpha value is -2.04. The molecular weight excluding hydrogens is 383 g/mol. The average Bonchev–Trinajstić information content (AvgIpc) is 2.58. The maximum Gasteiger partial charge on any atom is 0.251 e. The van der Waals surface area contributed by atoms with Crippen LogP contribution in [0.3, 0.4) is 0 Å². The fourth-order valence-electron chi connectivity index (χ4n) is 4.46. The molecule has 2 aromatic rings. The van der Waals surface area contributed by atoms with E-state index in [1.54, 1.807) is 48.5 Å². The lowest BCUT2D eigenvalue weighted by molar-refractivity contribution is -0.184. The van der Waals surface area contributed by atoms with Gasteiger partial charge in [0.15, 0.2) is 0 Å². The third-order valence-corrected chi connectivity index (χ3v) is 6.45. The normalized spacial score (nSPS) is 26.3. The number of halogens is 2. The number of hydrogen-bond donors (Lipinski definition) is 2. The summed E-state index contributed by atoms with van der Waals surface area (Å²) in [5, 5.41) is 7.27. The largest absolute Gasteiger partial charge is 0.347 e. The molecule has 3 aliphatic rings. The van der Waals surface area contributed by atoms with Crippen LogP contribution in [0.5, 0.6) is 0 Å². The number of carbonyl (C=O) groups is 2. The van der Waals surface area contributed by atoms with Crippen LogP contribution in [0.2, 0.25) is 10.0 Å². The number of rotatable bonds is 5. The molecule has 140 valence electrons. The lowest BCUT2D eigenvalue weighted by Crippen LogP contribution is -2.77. The number of benzene rings is 2. The summed E-state index contributed by atoms with van der Waals surface area (Å²) in [6.45, 7) is 1.97. The van der Waals surface area contributed by atoms with Crippen LogP contribution in [-0.2, 0) is 4.79 Å². The molecule has 3 saturated carbocycles. The van der Waals surface area contributed by atoms with E-state index in [0.717, 1.165) is 24.9 Å². The highest BCUT2D eigenvalue weighted by molar-refractivity contribution is 6.31. The first-order valence-corrected chi connectivity index (χ1v) is 9.71. The van der Waals surface area contributed by atoms with Crippen molar-refractivity contribution in [2.45, 2.75) is 31.7 Å². The summed E-state index contributed by atoms with van der Waals surface area (Å²) in [6, 6.07) is 14.0. The van der Waals surface area contributed by atoms with E-state index in [1.807, 2.05) is 6.92 Å². The van der Waals surface area contributed by atoms with Crippen LogP contribution in [0.15, 0.2) is 48.5 Å². The number of carbonyl (C=O) groups excluding carboxylic acids is 2. The molecule has 0 heterocycles. The molecule has 0 spiro atoms. The highest BCUT2D eigenvalue weighted by Crippen LogP contribution is 2.70. The minimum absolute atomic E-state index is 0.00629. The Morgan fingerprint density at radius 3 is 2.30 bits per heavy atom. The molecule has 2 aromatic carbocycles. The fraction of sp³-hybridized carbons (Fsp3) is 0.333. The highest BCUT2D eigenvalue weighted by atomic mass is 35.5. The van der Waals surface area contributed by atoms with E-state index < -0.39 is 0 Å². The van der Waals surface area contributed by atoms with Gasteiger partial charge < -0.3 is 10.6 Å². The predicted molar refractivity (Wildman–Crippen MR) is 107 cm³/mol. The molecular formula is C21H20Cl2N2O2. The van der Waals surface area contributed by atoms with Crippen molar-refractivity contribution in [1.29, 1.82) is 0 Å². The Labute approximate surface area is 168 Å². The first-order valence-electron chi connectivity index (χ1n) is 8.95. The molecule has 27 heavy (non-hydrogen) atoms. The summed E-state index contributed by atoms with van der Waals surface area (Å²) < 4.78 is 0. The summed E-state index contributed by atoms with van der Waals surface area (Å²) in [4.78, 5) is 25.0. The van der Waals surface area contributed by atoms with Gasteiger partial charge in [-0.05, 0) is 67.1 Å². The van der Waals surface area contributed by atoms with E-state index in [9.17, 15) is 9.59 Å². The molecule has 0 unspecified atom stereocenters. The van der Waals surface area contributed by atoms with Crippen molar-refractivity contribution in [2.75, 3.05) is 5.32 Å². The van der Waals surface area contributed by atoms with Crippen molar-refractivity contribution in [1.82, 2.24) is 5.32 Å². The van der Waals surface area contributed by atoms with Crippen LogP contribution in [0.1, 0.15) is 36.5 Å². The quantitative estimate of drug-likeness (QED) is 0.745. The van der Waals surface area contributed by atoms with Crippen molar-refractivity contribution in [3.8, 4) is 0 Å². The second kappa shape index (κ2) is 6.54. The van der Waals surface area contributed by atoms with E-state index in [-0.39, 0.29) is 28.7 Å². The Bertz CT molecular complexity index is 891. The van der Waals surface area contributed by atoms with E-state index >= 15 is 0 Å². The van der Waals surface area contributed by atoms with E-state index in [1.165, 1.54) is 0 Å². The van der Waals surface area contributed by atoms with Crippen LogP contribution in [0.4, 0.5) is 5.69 Å². The van der Waals surface area contributed by atoms with Gasteiger partial charge in [0.05, 0.1) is 0 Å². The van der Waals surface area contributed by atoms with Gasteiger partial charge in [-0.15, -0.1) is 0 Å². The molecule has 2 bridgehead atoms. The highest BCUT2D eigenvalue weighted by Gasteiger charge is 2.71. The maximum absolute atomic E-state index is 12.6. The third-order valence-electron chi connectivity index (χ3n) is 5.96. The third kappa shape index (κ3) is 3.32. The summed E-state index contributed by atoms with van der Waals surface area (Å²) in [7, 11) is 0. The van der Waals surface area contributed by atoms with E-state index in [2.05, 4.69) is 10.6 Å². The number of nitrogens with one attached hydrogen (secondary N) is 2. The zero-order valence-electron chi connectivity index (χ0n) is 14.9. The van der Waals surface area contributed by atoms with Gasteiger partial charge >= 0.3 is 0 Å². The lowest BCUT2D eigenvalue weighted by Gasteiger charge is -2.72. The van der Waals surface area contributed by atoms with Crippen LogP contribution < -0.4 is 10.6 Å². The maximum atomic E-state index is 12.6. The van der Waals surface area contributed by atoms with Gasteiger partial charge in [-0.1, -0.05) is 36.2 Å². The van der Waals surface area contributed by atoms with E-state index in [0.29, 0.717) is 15.6 Å². The van der Waals surface area contributed by atoms with Crippen LogP contribution >= 0.6 is 23.2 Å². The molecule has 0 saturated heterocycles. The second-order valence-electron chi connectivity index (χ2n) is 7.86. The minimum Gasteiger partial charge on any atom is -0.347 e. The fourth-order valence-corrected chi connectivity index (χ4v) is 4.78. The Morgan fingerprint density at radius 2 is 1.67 bits per heavy atom. The SMILES string of the molecule is C[C@H](C(=O)Nc1ccc(Cl)cc1)C12CC(NC(=O)c3cccc(Cl)c3)(C1)C2. The van der Waals surface area contributed by atoms with Crippen molar-refractivity contribution in [2.24, 2.45) is 11.3 Å². The molecule has 6 heteroatoms. The molecule has 2 amide bonds. The molecule has 0 radical (unpaired) electrons. The average molecular weight is 403 g/mol. The van der Waals surface area contributed by atoms with Gasteiger partial charge in [0.25, 0.3) is 5.91 Å². The smallest absolute Gasteiger partial charge is 0.251 e. The molecule has 3 aliphatic carbocycles. The molecule has 5 rings (SSSR count). The number of hydrogen-bond acceptors (Lipinski definition) is 2. The monoisotopic (exact) mass is 402 g/mol. The topological polar surface area (TPSA) is 58.2 Å². The van der Waals surface area contributed by atoms with Gasteiger partial charge in [0, 0.05) is 32.8 Å². The van der Waals surface area contributed by atoms with Crippen LogP contribution in [-0.4, -0.2) is 17.4 Å². The van der Waals surface area contributed by atoms with Crippen LogP contribution in [0.25, 0.3) is 0 Å². The van der Waals surface area contributed by atoms with Gasteiger partial charge in [-0.2, -0.15) is 0 Å². The Kier molecular flexibility index (Phi) is 4.44. The zero-order chi connectivity index (χ0) is 19.2. The van der Waals surface area contributed by atoms with Gasteiger partial charge in [0.1, 0.15) is 0 Å². The standard InChI is InChI=1S/C21H20Cl2N2O2/c1-13(18(26)24-17-7-5-15(22)6-8-17)20-10-21(11-20,12-20)25-19(27)14-3-2-4-16(23)9-14/h2-9,13H,10-12H2,1H3,(H,24,26)(H,25,27)/t13-,20?,21?/m1/s1. The zero-order valence-corrected chi connectivity index (χ0v) is 16.4. The Morgan fingerprint density at radius 1 is 1.00 bits per heavy atom. The lowest BCUT2D eigenvalue weighted by atomic mass is 9.36. The minimum atomic E-state index is -0.172. The van der Waals surface area contributed by atoms with E-state index in [4.69, 9.17) is 23.2 Å². The number of anilines is 1. The Balaban J connectivity index is 1.33. The number of amides is 2. The summed E-state index contributed by atoms with van der Waals surface area (Å²) in [6.07, 6.45) is 2.50. The molecule has 3 fully saturated rings. The molecule has 0 aromatic heterocycles. The molecule has 4 nitrogen and oxygen atoms in total. The van der Waals surface area contributed by atoms with Crippen molar-refractivity contribution in [3.05, 3.63) is 64.1 Å². The summed E-state index contributed by atoms with van der Waals surface area (Å²) >= 11 is 11.8. The second-order valence-corrected chi connectivity index (χ2v) is 8.73. The molecule has 1 atom stereocenters. The summed E-state index contributed by atoms with van der Waals surface area (Å²) in [5.41, 5.74) is 1.12. The summed E-state index contributed by atoms with van der Waals surface area (Å²) in [5.74, 6) is -0.214. The van der Waals surface area contributed by atoms with Crippen molar-refractivity contribution < 1.29 is 9.59 Å². The van der Waals surface area contributed by atoms with Crippen LogP contribution in [0, 0.1) is 11.3 Å². The molecule has 2 N–H and O–H groups in total. The van der Waals surface area contributed by atoms with Gasteiger partial charge in [-0.25, -0.2) is 0 Å². The van der Waals surface area contributed by atoms with Gasteiger partial charge in [0.2, 0.25) is 5.91 Å².